The molecule has 0 radical (unpaired) electrons. The Morgan fingerprint density at radius 1 is 1.00 bits per heavy atom. The van der Waals surface area contributed by atoms with Gasteiger partial charge in [0.1, 0.15) is 6.29 Å². The lowest BCUT2D eigenvalue weighted by Gasteiger charge is -2.21. The van der Waals surface area contributed by atoms with Gasteiger partial charge in [-0.25, -0.2) is 0 Å². The van der Waals surface area contributed by atoms with Crippen molar-refractivity contribution >= 4 is 35.3 Å². The van der Waals surface area contributed by atoms with E-state index < -0.39 is 0 Å². The number of allylic oxidation sites excluding steroid dienone is 1. The summed E-state index contributed by atoms with van der Waals surface area (Å²) in [6.45, 7) is 0.693. The molecule has 0 saturated carbocycles. The van der Waals surface area contributed by atoms with Gasteiger partial charge in [0.15, 0.2) is 0 Å². The van der Waals surface area contributed by atoms with Crippen LogP contribution in [0.1, 0.15) is 11.1 Å². The minimum Gasteiger partial charge on any atom is -0.388 e. The lowest BCUT2D eigenvalue weighted by Crippen LogP contribution is -2.16. The molecule has 0 heterocycles. The molecule has 0 saturated heterocycles. The maximum atomic E-state index is 10.5. The fourth-order valence-corrected chi connectivity index (χ4v) is 3.29. The molecular formula is C24H23ClN2O. The van der Waals surface area contributed by atoms with Crippen LogP contribution < -0.4 is 10.2 Å². The minimum absolute atomic E-state index is 0.693. The molecule has 142 valence electrons. The standard InChI is InChI=1S/C24H23ClN2O/c1-26-22-12-10-19(11-13-22)20-8-9-21(24(25)16-20)17-27(2)23-7-3-5-18(15-23)6-4-14-28/h3-16,26H,17H2,1-2H3/b6-4+. The van der Waals surface area contributed by atoms with Gasteiger partial charge in [0.25, 0.3) is 0 Å². The van der Waals surface area contributed by atoms with Crippen LogP contribution in [0.3, 0.4) is 0 Å². The molecule has 0 aliphatic carbocycles. The second kappa shape index (κ2) is 9.25. The summed E-state index contributed by atoms with van der Waals surface area (Å²) in [4.78, 5) is 12.7. The monoisotopic (exact) mass is 390 g/mol. The quantitative estimate of drug-likeness (QED) is 0.402. The highest BCUT2D eigenvalue weighted by Crippen LogP contribution is 2.28. The average Bonchev–Trinajstić information content (AvgIpc) is 2.74. The molecule has 3 aromatic rings. The van der Waals surface area contributed by atoms with Gasteiger partial charge < -0.3 is 10.2 Å². The van der Waals surface area contributed by atoms with E-state index in [1.54, 1.807) is 6.08 Å². The largest absolute Gasteiger partial charge is 0.388 e. The van der Waals surface area contributed by atoms with Crippen molar-refractivity contribution < 1.29 is 4.79 Å². The van der Waals surface area contributed by atoms with Crippen molar-refractivity contribution in [2.45, 2.75) is 6.54 Å². The molecule has 0 spiro atoms. The molecule has 28 heavy (non-hydrogen) atoms. The van der Waals surface area contributed by atoms with Gasteiger partial charge in [-0.15, -0.1) is 0 Å². The van der Waals surface area contributed by atoms with E-state index in [1.807, 2.05) is 44.4 Å². The second-order valence-corrected chi connectivity index (χ2v) is 6.99. The van der Waals surface area contributed by atoms with Crippen LogP contribution in [0.4, 0.5) is 11.4 Å². The van der Waals surface area contributed by atoms with Crippen molar-refractivity contribution in [1.29, 1.82) is 0 Å². The number of aldehydes is 1. The van der Waals surface area contributed by atoms with Crippen molar-refractivity contribution in [1.82, 2.24) is 0 Å². The highest BCUT2D eigenvalue weighted by atomic mass is 35.5. The Balaban J connectivity index is 1.77. The number of halogens is 1. The summed E-state index contributed by atoms with van der Waals surface area (Å²) < 4.78 is 0. The molecule has 0 unspecified atom stereocenters. The van der Waals surface area contributed by atoms with Crippen LogP contribution in [0.2, 0.25) is 5.02 Å². The molecule has 3 nitrogen and oxygen atoms in total. The van der Waals surface area contributed by atoms with E-state index >= 15 is 0 Å². The molecule has 3 rings (SSSR count). The van der Waals surface area contributed by atoms with Gasteiger partial charge >= 0.3 is 0 Å². The number of rotatable bonds is 7. The minimum atomic E-state index is 0.693. The average molecular weight is 391 g/mol. The number of benzene rings is 3. The SMILES string of the molecule is CNc1ccc(-c2ccc(CN(C)c3cccc(/C=C/C=O)c3)c(Cl)c2)cc1. The first-order valence-corrected chi connectivity index (χ1v) is 9.48. The van der Waals surface area contributed by atoms with Crippen LogP contribution in [-0.4, -0.2) is 20.4 Å². The number of hydrogen-bond acceptors (Lipinski definition) is 3. The van der Waals surface area contributed by atoms with Crippen LogP contribution in [0.15, 0.2) is 72.8 Å². The highest BCUT2D eigenvalue weighted by molar-refractivity contribution is 6.31. The Labute approximate surface area is 171 Å². The Bertz CT molecular complexity index is 980. The summed E-state index contributed by atoms with van der Waals surface area (Å²) in [7, 11) is 3.94. The first kappa shape index (κ1) is 19.7. The number of nitrogens with one attached hydrogen (secondary N) is 1. The summed E-state index contributed by atoms with van der Waals surface area (Å²) in [6.07, 6.45) is 4.08. The Hall–Kier alpha value is -3.04. The molecule has 4 heteroatoms. The smallest absolute Gasteiger partial charge is 0.142 e. The molecule has 0 bridgehead atoms. The fraction of sp³-hybridized carbons (Fsp3) is 0.125. The van der Waals surface area contributed by atoms with Gasteiger partial charge in [-0.2, -0.15) is 0 Å². The van der Waals surface area contributed by atoms with Crippen LogP contribution in [0.25, 0.3) is 17.2 Å². The maximum Gasteiger partial charge on any atom is 0.142 e. The maximum absolute atomic E-state index is 10.5. The van der Waals surface area contributed by atoms with E-state index in [0.717, 1.165) is 44.9 Å². The summed E-state index contributed by atoms with van der Waals surface area (Å²) in [5.74, 6) is 0. The lowest BCUT2D eigenvalue weighted by molar-refractivity contribution is -0.104. The zero-order chi connectivity index (χ0) is 19.9. The van der Waals surface area contributed by atoms with Crippen molar-refractivity contribution in [3.05, 3.63) is 89.0 Å². The first-order chi connectivity index (χ1) is 13.6. The van der Waals surface area contributed by atoms with Crippen LogP contribution in [0.5, 0.6) is 0 Å². The molecule has 3 aromatic carbocycles. The topological polar surface area (TPSA) is 32.3 Å². The van der Waals surface area contributed by atoms with Gasteiger partial charge in [0.05, 0.1) is 0 Å². The Morgan fingerprint density at radius 3 is 2.43 bits per heavy atom. The van der Waals surface area contributed by atoms with Gasteiger partial charge in [-0.3, -0.25) is 4.79 Å². The van der Waals surface area contributed by atoms with E-state index in [0.29, 0.717) is 6.54 Å². The van der Waals surface area contributed by atoms with Gasteiger partial charge in [0.2, 0.25) is 0 Å². The first-order valence-electron chi connectivity index (χ1n) is 9.10. The van der Waals surface area contributed by atoms with Crippen molar-refractivity contribution in [3.63, 3.8) is 0 Å². The molecule has 0 atom stereocenters. The number of carbonyl (C=O) groups excluding carboxylic acids is 1. The molecule has 0 aliphatic heterocycles. The van der Waals surface area contributed by atoms with E-state index in [9.17, 15) is 4.79 Å². The molecule has 0 aliphatic rings. The molecule has 1 N–H and O–H groups in total. The number of anilines is 2. The molecular weight excluding hydrogens is 368 g/mol. The number of nitrogens with zero attached hydrogens (tertiary/aromatic N) is 1. The number of carbonyl (C=O) groups is 1. The fourth-order valence-electron chi connectivity index (χ4n) is 3.05. The van der Waals surface area contributed by atoms with Crippen molar-refractivity contribution in [2.75, 3.05) is 24.3 Å². The van der Waals surface area contributed by atoms with E-state index in [4.69, 9.17) is 11.6 Å². The lowest BCUT2D eigenvalue weighted by atomic mass is 10.0. The third kappa shape index (κ3) is 4.81. The Kier molecular flexibility index (Phi) is 6.51. The third-order valence-corrected chi connectivity index (χ3v) is 5.00. The van der Waals surface area contributed by atoms with Crippen LogP contribution in [-0.2, 0) is 11.3 Å². The number of hydrogen-bond donors (Lipinski definition) is 1. The van der Waals surface area contributed by atoms with E-state index in [1.165, 1.54) is 6.08 Å². The molecule has 0 aromatic heterocycles. The zero-order valence-corrected chi connectivity index (χ0v) is 16.8. The van der Waals surface area contributed by atoms with Gasteiger partial charge in [-0.05, 0) is 58.7 Å². The molecule has 0 fully saturated rings. The van der Waals surface area contributed by atoms with Crippen molar-refractivity contribution in [3.8, 4) is 11.1 Å². The van der Waals surface area contributed by atoms with Crippen molar-refractivity contribution in [2.24, 2.45) is 0 Å². The second-order valence-electron chi connectivity index (χ2n) is 6.58. The zero-order valence-electron chi connectivity index (χ0n) is 16.0. The normalized spacial score (nSPS) is 10.8. The predicted molar refractivity (Wildman–Crippen MR) is 120 cm³/mol. The summed E-state index contributed by atoms with van der Waals surface area (Å²) in [5.41, 5.74) is 6.43. The summed E-state index contributed by atoms with van der Waals surface area (Å²) in [6, 6.07) is 22.5. The Morgan fingerprint density at radius 2 is 1.75 bits per heavy atom. The molecule has 0 amide bonds. The third-order valence-electron chi connectivity index (χ3n) is 4.65. The highest BCUT2D eigenvalue weighted by Gasteiger charge is 2.08. The predicted octanol–water partition coefficient (Wildman–Crippen LogP) is 5.90. The van der Waals surface area contributed by atoms with E-state index in [2.05, 4.69) is 46.6 Å². The van der Waals surface area contributed by atoms with Crippen LogP contribution in [0, 0.1) is 0 Å². The van der Waals surface area contributed by atoms with Gasteiger partial charge in [0, 0.05) is 37.0 Å². The van der Waals surface area contributed by atoms with Gasteiger partial charge in [-0.1, -0.05) is 54.1 Å². The summed E-state index contributed by atoms with van der Waals surface area (Å²) in [5, 5.41) is 3.87. The summed E-state index contributed by atoms with van der Waals surface area (Å²) >= 11 is 6.58. The van der Waals surface area contributed by atoms with E-state index in [-0.39, 0.29) is 0 Å². The van der Waals surface area contributed by atoms with Crippen LogP contribution >= 0.6 is 11.6 Å².